The molecule has 5 rings (SSSR count). The fraction of sp³-hybridized carbons (Fsp3) is 0.367. The summed E-state index contributed by atoms with van der Waals surface area (Å²) < 4.78 is 38.8. The lowest BCUT2D eigenvalue weighted by Crippen LogP contribution is -2.73. The SMILES string of the molecule is CN(C)[C@H]1C(O)C(C(N)=O)C(=O)[C@]2(O)C(=O)C3=C(O)c4c(O)ccc(/C=C/c5ccc(C(F)(F)F)cc5)c4C[C@@H]3C[C@H]12. The van der Waals surface area contributed by atoms with Crippen molar-refractivity contribution in [3.8, 4) is 5.75 Å². The molecule has 6 N–H and O–H groups in total. The van der Waals surface area contributed by atoms with Crippen LogP contribution in [0.25, 0.3) is 17.9 Å². The number of hydrogen-bond acceptors (Lipinski definition) is 8. The smallest absolute Gasteiger partial charge is 0.416 e. The van der Waals surface area contributed by atoms with Crippen LogP contribution in [0.4, 0.5) is 13.2 Å². The summed E-state index contributed by atoms with van der Waals surface area (Å²) in [7, 11) is 3.13. The minimum absolute atomic E-state index is 0.0318. The van der Waals surface area contributed by atoms with Crippen molar-refractivity contribution in [2.45, 2.75) is 36.8 Å². The number of nitrogens with zero attached hydrogens (tertiary/aromatic N) is 1. The van der Waals surface area contributed by atoms with Gasteiger partial charge < -0.3 is 31.1 Å². The summed E-state index contributed by atoms with van der Waals surface area (Å²) >= 11 is 0. The predicted molar refractivity (Wildman–Crippen MR) is 144 cm³/mol. The lowest BCUT2D eigenvalue weighted by atomic mass is 9.54. The van der Waals surface area contributed by atoms with Crippen LogP contribution in [0.2, 0.25) is 0 Å². The highest BCUT2D eigenvalue weighted by molar-refractivity contribution is 6.25. The van der Waals surface area contributed by atoms with Crippen molar-refractivity contribution in [1.82, 2.24) is 4.90 Å². The molecule has 1 amide bonds. The molecule has 0 bridgehead atoms. The average molecular weight is 587 g/mol. The molecule has 42 heavy (non-hydrogen) atoms. The molecule has 222 valence electrons. The second-order valence-corrected chi connectivity index (χ2v) is 11.3. The van der Waals surface area contributed by atoms with Gasteiger partial charge in [-0.1, -0.05) is 30.4 Å². The highest BCUT2D eigenvalue weighted by Crippen LogP contribution is 2.52. The van der Waals surface area contributed by atoms with E-state index in [0.29, 0.717) is 16.7 Å². The minimum atomic E-state index is -4.48. The van der Waals surface area contributed by atoms with Crippen LogP contribution in [0.15, 0.2) is 42.0 Å². The number of likely N-dealkylation sites (N-methyl/N-ethyl adjacent to an activating group) is 1. The highest BCUT2D eigenvalue weighted by Gasteiger charge is 2.67. The molecular formula is C30H29F3N2O7. The molecule has 9 nitrogen and oxygen atoms in total. The summed E-state index contributed by atoms with van der Waals surface area (Å²) in [6, 6.07) is 6.32. The van der Waals surface area contributed by atoms with Crippen LogP contribution < -0.4 is 5.73 Å². The van der Waals surface area contributed by atoms with Crippen molar-refractivity contribution < 1.29 is 48.0 Å². The second kappa shape index (κ2) is 10.1. The number of nitrogens with two attached hydrogens (primary N) is 1. The Bertz CT molecular complexity index is 1550. The van der Waals surface area contributed by atoms with E-state index in [1.165, 1.54) is 23.1 Å². The van der Waals surface area contributed by atoms with Gasteiger partial charge in [-0.25, -0.2) is 0 Å². The van der Waals surface area contributed by atoms with Crippen molar-refractivity contribution in [3.05, 3.63) is 69.8 Å². The lowest BCUT2D eigenvalue weighted by Gasteiger charge is -2.53. The van der Waals surface area contributed by atoms with Crippen LogP contribution in [-0.2, 0) is 27.0 Å². The number of ketones is 2. The molecule has 2 aromatic carbocycles. The van der Waals surface area contributed by atoms with Gasteiger partial charge in [0, 0.05) is 17.5 Å². The molecule has 2 fully saturated rings. The van der Waals surface area contributed by atoms with Gasteiger partial charge in [-0.3, -0.25) is 14.4 Å². The van der Waals surface area contributed by atoms with Gasteiger partial charge in [-0.15, -0.1) is 0 Å². The largest absolute Gasteiger partial charge is 0.507 e. The summed E-state index contributed by atoms with van der Waals surface area (Å²) in [6.07, 6.45) is -2.84. The molecule has 6 atom stereocenters. The summed E-state index contributed by atoms with van der Waals surface area (Å²) in [6.45, 7) is 0. The Balaban J connectivity index is 1.59. The van der Waals surface area contributed by atoms with E-state index in [4.69, 9.17) is 5.73 Å². The fourth-order valence-corrected chi connectivity index (χ4v) is 6.75. The standard InChI is InChI=1S/C30H29F3N2O7/c1-35(2)23-18-12-15-11-17-14(6-3-13-4-8-16(9-5-13)30(31,32)33)7-10-19(36)21(17)24(37)20(15)26(39)29(18,42)27(40)22(25(23)38)28(34)41/h3-10,15,18,22-23,25,36-38,42H,11-12H2,1-2H3,(H2,34,41)/b6-3+/t15-,18-,22?,23-,25?,29-/m1/s1. The number of hydrogen-bond donors (Lipinski definition) is 5. The number of aromatic hydroxyl groups is 1. The number of carbonyl (C=O) groups is 3. The molecule has 3 aliphatic carbocycles. The Labute approximate surface area is 238 Å². The number of amides is 1. The Hall–Kier alpha value is -4.00. The van der Waals surface area contributed by atoms with E-state index in [2.05, 4.69) is 0 Å². The van der Waals surface area contributed by atoms with Crippen LogP contribution in [0, 0.1) is 17.8 Å². The number of aliphatic hydroxyl groups excluding tert-OH is 2. The summed E-state index contributed by atoms with van der Waals surface area (Å²) in [5, 5.41) is 44.6. The molecule has 0 radical (unpaired) electrons. The Kier molecular flexibility index (Phi) is 7.07. The van der Waals surface area contributed by atoms with Gasteiger partial charge in [-0.2, -0.15) is 13.2 Å². The molecule has 0 aliphatic heterocycles. The maximum Gasteiger partial charge on any atom is 0.416 e. The van der Waals surface area contributed by atoms with Crippen LogP contribution >= 0.6 is 0 Å². The number of phenols is 1. The maximum atomic E-state index is 13.9. The quantitative estimate of drug-likeness (QED) is 0.270. The van der Waals surface area contributed by atoms with Crippen molar-refractivity contribution >= 4 is 35.4 Å². The molecular weight excluding hydrogens is 557 g/mol. The van der Waals surface area contributed by atoms with Crippen molar-refractivity contribution in [2.24, 2.45) is 23.5 Å². The number of aliphatic hydroxyl groups is 3. The Morgan fingerprint density at radius 2 is 1.71 bits per heavy atom. The zero-order valence-corrected chi connectivity index (χ0v) is 22.6. The van der Waals surface area contributed by atoms with Gasteiger partial charge in [0.15, 0.2) is 11.4 Å². The number of fused-ring (bicyclic) bond motifs is 3. The van der Waals surface area contributed by atoms with E-state index >= 15 is 0 Å². The van der Waals surface area contributed by atoms with Crippen LogP contribution in [0.5, 0.6) is 5.75 Å². The third-order valence-corrected chi connectivity index (χ3v) is 8.70. The van der Waals surface area contributed by atoms with Gasteiger partial charge in [0.1, 0.15) is 17.4 Å². The maximum absolute atomic E-state index is 13.9. The Morgan fingerprint density at radius 3 is 2.29 bits per heavy atom. The third-order valence-electron chi connectivity index (χ3n) is 8.70. The highest BCUT2D eigenvalue weighted by atomic mass is 19.4. The first-order chi connectivity index (χ1) is 19.6. The number of alkyl halides is 3. The Morgan fingerprint density at radius 1 is 1.07 bits per heavy atom. The predicted octanol–water partition coefficient (Wildman–Crippen LogP) is 2.32. The zero-order valence-electron chi connectivity index (χ0n) is 22.6. The van der Waals surface area contributed by atoms with Crippen LogP contribution in [-0.4, -0.2) is 74.6 Å². The third kappa shape index (κ3) is 4.41. The average Bonchev–Trinajstić information content (AvgIpc) is 2.89. The van der Waals surface area contributed by atoms with Crippen molar-refractivity contribution in [1.29, 1.82) is 0 Å². The van der Waals surface area contributed by atoms with E-state index in [0.717, 1.165) is 12.1 Å². The number of Topliss-reactive ketones (excluding diaryl/α,β-unsaturated/α-hetero) is 2. The molecule has 3 aliphatic rings. The summed E-state index contributed by atoms with van der Waals surface area (Å²) in [4.78, 5) is 40.9. The zero-order chi connectivity index (χ0) is 30.9. The number of carbonyl (C=O) groups excluding carboxylic acids is 3. The van der Waals surface area contributed by atoms with Gasteiger partial charge in [-0.05, 0) is 67.7 Å². The molecule has 0 aromatic heterocycles. The van der Waals surface area contributed by atoms with Gasteiger partial charge in [0.05, 0.1) is 17.2 Å². The second-order valence-electron chi connectivity index (χ2n) is 11.3. The van der Waals surface area contributed by atoms with Gasteiger partial charge in [0.25, 0.3) is 0 Å². The number of rotatable bonds is 4. The van der Waals surface area contributed by atoms with E-state index in [-0.39, 0.29) is 29.7 Å². The van der Waals surface area contributed by atoms with E-state index in [1.54, 1.807) is 32.3 Å². The first-order valence-electron chi connectivity index (χ1n) is 13.2. The molecule has 0 spiro atoms. The van der Waals surface area contributed by atoms with E-state index in [1.807, 2.05) is 0 Å². The molecule has 2 saturated carbocycles. The summed E-state index contributed by atoms with van der Waals surface area (Å²) in [5.74, 6) is -8.29. The number of phenolic OH excluding ortho intramolecular Hbond substituents is 1. The van der Waals surface area contributed by atoms with E-state index < -0.39 is 70.5 Å². The van der Waals surface area contributed by atoms with Gasteiger partial charge in [0.2, 0.25) is 11.7 Å². The monoisotopic (exact) mass is 586 g/mol. The molecule has 2 unspecified atom stereocenters. The summed E-state index contributed by atoms with van der Waals surface area (Å²) in [5.41, 5.74) is 2.91. The topological polar surface area (TPSA) is 161 Å². The van der Waals surface area contributed by atoms with Crippen molar-refractivity contribution in [2.75, 3.05) is 14.1 Å². The number of halogens is 3. The minimum Gasteiger partial charge on any atom is -0.507 e. The molecule has 12 heteroatoms. The van der Waals surface area contributed by atoms with E-state index in [9.17, 15) is 48.0 Å². The molecule has 0 saturated heterocycles. The molecule has 2 aromatic rings. The van der Waals surface area contributed by atoms with Crippen LogP contribution in [0.3, 0.4) is 0 Å². The molecule has 0 heterocycles. The number of benzene rings is 2. The first-order valence-corrected chi connectivity index (χ1v) is 13.2. The van der Waals surface area contributed by atoms with Gasteiger partial charge >= 0.3 is 6.18 Å². The number of primary amides is 1. The van der Waals surface area contributed by atoms with Crippen molar-refractivity contribution in [3.63, 3.8) is 0 Å². The normalized spacial score (nSPS) is 29.5. The fourth-order valence-electron chi connectivity index (χ4n) is 6.75. The lowest BCUT2D eigenvalue weighted by molar-refractivity contribution is -0.184. The van der Waals surface area contributed by atoms with Crippen LogP contribution in [0.1, 0.15) is 34.2 Å². The first kappa shape index (κ1) is 29.5.